The van der Waals surface area contributed by atoms with Crippen molar-refractivity contribution in [2.24, 2.45) is 10.7 Å². The first kappa shape index (κ1) is 22.0. The fraction of sp³-hybridized carbons (Fsp3) is 0.182. The van der Waals surface area contributed by atoms with Crippen molar-refractivity contribution in [3.05, 3.63) is 82.4 Å². The average Bonchev–Trinajstić information content (AvgIpc) is 2.72. The van der Waals surface area contributed by atoms with Gasteiger partial charge in [-0.3, -0.25) is 4.99 Å². The Kier molecular flexibility index (Phi) is 8.30. The Hall–Kier alpha value is -3.25. The molecule has 0 aliphatic carbocycles. The van der Waals surface area contributed by atoms with Gasteiger partial charge in [0.2, 0.25) is 0 Å². The Morgan fingerprint density at radius 2 is 1.90 bits per heavy atom. The summed E-state index contributed by atoms with van der Waals surface area (Å²) in [4.78, 5) is 16.3. The first-order chi connectivity index (χ1) is 13.9. The Morgan fingerprint density at radius 1 is 1.17 bits per heavy atom. The number of hydrogen-bond donors (Lipinski definition) is 1. The van der Waals surface area contributed by atoms with E-state index < -0.39 is 5.97 Å². The molecule has 0 unspecified atom stereocenters. The number of benzene rings is 2. The molecule has 0 bridgehead atoms. The average molecular weight is 415 g/mol. The number of allylic oxidation sites excluding steroid dienone is 1. The van der Waals surface area contributed by atoms with Crippen LogP contribution in [0.3, 0.4) is 0 Å². The predicted octanol–water partition coefficient (Wildman–Crippen LogP) is 4.53. The zero-order valence-electron chi connectivity index (χ0n) is 16.5. The molecule has 29 heavy (non-hydrogen) atoms. The van der Waals surface area contributed by atoms with Crippen LogP contribution in [-0.2, 0) is 25.6 Å². The van der Waals surface area contributed by atoms with Gasteiger partial charge in [0.05, 0.1) is 26.2 Å². The van der Waals surface area contributed by atoms with Crippen molar-refractivity contribution < 1.29 is 19.0 Å². The van der Waals surface area contributed by atoms with Crippen LogP contribution < -0.4 is 5.73 Å². The number of aliphatic imine (C=N–C) groups is 1. The number of methoxy groups -OCH3 is 2. The third kappa shape index (κ3) is 6.69. The molecule has 0 aromatic heterocycles. The number of nitrogens with two attached hydrogens (primary N) is 1. The normalized spacial score (nSPS) is 12.1. The van der Waals surface area contributed by atoms with Crippen molar-refractivity contribution in [3.8, 4) is 0 Å². The number of nitrogens with zero attached hydrogens (tertiary/aromatic N) is 1. The second-order valence-corrected chi connectivity index (χ2v) is 6.46. The maximum absolute atomic E-state index is 12.0. The van der Waals surface area contributed by atoms with E-state index in [0.717, 1.165) is 16.8 Å². The molecule has 6 nitrogen and oxygen atoms in total. The van der Waals surface area contributed by atoms with Gasteiger partial charge in [0.15, 0.2) is 5.88 Å². The number of halogens is 1. The summed E-state index contributed by atoms with van der Waals surface area (Å²) in [6.45, 7) is 2.12. The smallest absolute Gasteiger partial charge is 0.341 e. The first-order valence-electron chi connectivity index (χ1n) is 8.74. The molecule has 2 N–H and O–H groups in total. The van der Waals surface area contributed by atoms with Gasteiger partial charge in [-0.05, 0) is 53.9 Å². The Labute approximate surface area is 175 Å². The lowest BCUT2D eigenvalue weighted by atomic mass is 9.99. The van der Waals surface area contributed by atoms with Crippen LogP contribution in [0.2, 0.25) is 5.02 Å². The van der Waals surface area contributed by atoms with Crippen LogP contribution in [0.5, 0.6) is 0 Å². The summed E-state index contributed by atoms with van der Waals surface area (Å²) < 4.78 is 15.4. The van der Waals surface area contributed by atoms with E-state index in [0.29, 0.717) is 16.2 Å². The molecule has 2 aromatic rings. The van der Waals surface area contributed by atoms with E-state index in [4.69, 9.17) is 31.5 Å². The van der Waals surface area contributed by atoms with Gasteiger partial charge in [-0.15, -0.1) is 0 Å². The molecule has 152 valence electrons. The van der Waals surface area contributed by atoms with E-state index in [9.17, 15) is 4.79 Å². The summed E-state index contributed by atoms with van der Waals surface area (Å²) in [5, 5.41) is 0.649. The van der Waals surface area contributed by atoms with Gasteiger partial charge in [-0.1, -0.05) is 23.7 Å². The van der Waals surface area contributed by atoms with Gasteiger partial charge in [-0.25, -0.2) is 4.79 Å². The molecular weight excluding hydrogens is 392 g/mol. The molecule has 0 spiro atoms. The van der Waals surface area contributed by atoms with Gasteiger partial charge >= 0.3 is 5.97 Å². The van der Waals surface area contributed by atoms with Crippen molar-refractivity contribution in [2.75, 3.05) is 14.2 Å². The Balaban J connectivity index is 2.07. The van der Waals surface area contributed by atoms with E-state index in [1.807, 2.05) is 25.1 Å². The van der Waals surface area contributed by atoms with E-state index >= 15 is 0 Å². The SMILES string of the molecule is CO/C=C(/C(=O)OC)c1cc(COC(N)=CC=Nc2ccc(Cl)cc2)ccc1C. The van der Waals surface area contributed by atoms with Crippen LogP contribution >= 0.6 is 11.6 Å². The van der Waals surface area contributed by atoms with Crippen molar-refractivity contribution in [1.29, 1.82) is 0 Å². The van der Waals surface area contributed by atoms with Gasteiger partial charge in [0, 0.05) is 17.3 Å². The Morgan fingerprint density at radius 3 is 2.55 bits per heavy atom. The highest BCUT2D eigenvalue weighted by Crippen LogP contribution is 2.22. The molecule has 2 rings (SSSR count). The minimum absolute atomic E-state index is 0.213. The first-order valence-corrected chi connectivity index (χ1v) is 9.11. The van der Waals surface area contributed by atoms with Gasteiger partial charge in [0.1, 0.15) is 12.2 Å². The van der Waals surface area contributed by atoms with E-state index in [1.165, 1.54) is 20.5 Å². The number of carbonyl (C=O) groups is 1. The topological polar surface area (TPSA) is 83.1 Å². The Bertz CT molecular complexity index is 934. The molecule has 2 aromatic carbocycles. The predicted molar refractivity (Wildman–Crippen MR) is 115 cm³/mol. The molecule has 7 heteroatoms. The molecule has 0 fully saturated rings. The van der Waals surface area contributed by atoms with Crippen molar-refractivity contribution >= 4 is 35.0 Å². The summed E-state index contributed by atoms with van der Waals surface area (Å²) in [7, 11) is 2.80. The monoisotopic (exact) mass is 414 g/mol. The highest BCUT2D eigenvalue weighted by atomic mass is 35.5. The largest absolute Gasteiger partial charge is 0.503 e. The van der Waals surface area contributed by atoms with Crippen molar-refractivity contribution in [1.82, 2.24) is 0 Å². The maximum atomic E-state index is 12.0. The summed E-state index contributed by atoms with van der Waals surface area (Å²) >= 11 is 5.84. The van der Waals surface area contributed by atoms with E-state index in [1.54, 1.807) is 36.6 Å². The number of rotatable bonds is 8. The molecule has 0 amide bonds. The number of aryl methyl sites for hydroxylation is 1. The lowest BCUT2D eigenvalue weighted by Gasteiger charge is -2.12. The molecule has 0 aliphatic rings. The number of hydrogen-bond acceptors (Lipinski definition) is 6. The molecule has 0 saturated carbocycles. The number of esters is 1. The number of carbonyl (C=O) groups excluding carboxylic acids is 1. The third-order valence-corrected chi connectivity index (χ3v) is 4.18. The molecule has 0 radical (unpaired) electrons. The standard InChI is InChI=1S/C22H23ClN2O4/c1-15-4-5-16(12-19(15)20(14-27-2)22(26)28-3)13-29-21(24)10-11-25-18-8-6-17(23)7-9-18/h4-12,14H,13,24H2,1-3H3/b20-14+,21-10?,25-11?. The molecule has 0 heterocycles. The van der Waals surface area contributed by atoms with Gasteiger partial charge < -0.3 is 19.9 Å². The second kappa shape index (κ2) is 10.9. The zero-order chi connectivity index (χ0) is 21.2. The fourth-order valence-electron chi connectivity index (χ4n) is 2.44. The van der Waals surface area contributed by atoms with Crippen LogP contribution in [0.1, 0.15) is 16.7 Å². The molecule has 0 atom stereocenters. The second-order valence-electron chi connectivity index (χ2n) is 6.02. The maximum Gasteiger partial charge on any atom is 0.341 e. The van der Waals surface area contributed by atoms with Crippen LogP contribution in [0.15, 0.2) is 65.7 Å². The lowest BCUT2D eigenvalue weighted by Crippen LogP contribution is -2.07. The van der Waals surface area contributed by atoms with Crippen LogP contribution in [0, 0.1) is 6.92 Å². The zero-order valence-corrected chi connectivity index (χ0v) is 17.3. The van der Waals surface area contributed by atoms with E-state index in [2.05, 4.69) is 4.99 Å². The van der Waals surface area contributed by atoms with Crippen LogP contribution in [0.4, 0.5) is 5.69 Å². The summed E-state index contributed by atoms with van der Waals surface area (Å²) in [5.41, 5.74) is 9.39. The molecule has 0 aliphatic heterocycles. The summed E-state index contributed by atoms with van der Waals surface area (Å²) in [6.07, 6.45) is 4.48. The summed E-state index contributed by atoms with van der Waals surface area (Å²) in [5.74, 6) is -0.267. The highest BCUT2D eigenvalue weighted by Gasteiger charge is 2.16. The highest BCUT2D eigenvalue weighted by molar-refractivity contribution is 6.30. The minimum Gasteiger partial charge on any atom is -0.503 e. The fourth-order valence-corrected chi connectivity index (χ4v) is 2.56. The number of ether oxygens (including phenoxy) is 3. The van der Waals surface area contributed by atoms with E-state index in [-0.39, 0.29) is 12.5 Å². The molecular formula is C22H23ClN2O4. The lowest BCUT2D eigenvalue weighted by molar-refractivity contribution is -0.133. The van der Waals surface area contributed by atoms with Crippen molar-refractivity contribution in [3.63, 3.8) is 0 Å². The quantitative estimate of drug-likeness (QED) is 0.297. The van der Waals surface area contributed by atoms with Gasteiger partial charge in [-0.2, -0.15) is 0 Å². The third-order valence-electron chi connectivity index (χ3n) is 3.93. The van der Waals surface area contributed by atoms with Crippen LogP contribution in [0.25, 0.3) is 5.57 Å². The molecule has 0 saturated heterocycles. The minimum atomic E-state index is -0.481. The van der Waals surface area contributed by atoms with Crippen LogP contribution in [-0.4, -0.2) is 26.4 Å². The summed E-state index contributed by atoms with van der Waals surface area (Å²) in [6, 6.07) is 12.7. The van der Waals surface area contributed by atoms with Crippen molar-refractivity contribution in [2.45, 2.75) is 13.5 Å². The van der Waals surface area contributed by atoms with Gasteiger partial charge in [0.25, 0.3) is 0 Å².